The molecule has 0 bridgehead atoms. The third-order valence-electron chi connectivity index (χ3n) is 5.23. The standard InChI is InChI=1S/C17H27N3O2S/c18-13-17(5-9-22-10-6-17)16(21)19-12-14(15-4-3-11-23-15)20-7-1-2-8-20/h3-4,11,14H,1-2,5-10,12-13,18H2,(H,19,21). The number of hydrogen-bond acceptors (Lipinski definition) is 5. The zero-order chi connectivity index (χ0) is 16.1. The fourth-order valence-electron chi connectivity index (χ4n) is 3.61. The Bertz CT molecular complexity index is 494. The largest absolute Gasteiger partial charge is 0.381 e. The number of carbonyl (C=O) groups excluding carboxylic acids is 1. The number of nitrogens with one attached hydrogen (secondary N) is 1. The average Bonchev–Trinajstić information content (AvgIpc) is 3.29. The number of nitrogens with two attached hydrogens (primary N) is 1. The van der Waals surface area contributed by atoms with Gasteiger partial charge in [-0.1, -0.05) is 6.07 Å². The molecule has 0 radical (unpaired) electrons. The molecule has 23 heavy (non-hydrogen) atoms. The highest BCUT2D eigenvalue weighted by Gasteiger charge is 2.39. The molecule has 1 aromatic rings. The first-order valence-electron chi connectivity index (χ1n) is 8.59. The van der Waals surface area contributed by atoms with Crippen molar-refractivity contribution in [2.45, 2.75) is 31.7 Å². The fraction of sp³-hybridized carbons (Fsp3) is 0.706. The molecule has 1 aromatic heterocycles. The van der Waals surface area contributed by atoms with E-state index in [4.69, 9.17) is 10.5 Å². The maximum absolute atomic E-state index is 12.8. The van der Waals surface area contributed by atoms with Crippen LogP contribution in [0.25, 0.3) is 0 Å². The van der Waals surface area contributed by atoms with Crippen molar-refractivity contribution in [2.75, 3.05) is 39.4 Å². The number of carbonyl (C=O) groups is 1. The molecule has 0 spiro atoms. The van der Waals surface area contributed by atoms with Crippen molar-refractivity contribution in [3.8, 4) is 0 Å². The molecule has 2 saturated heterocycles. The third-order valence-corrected chi connectivity index (χ3v) is 6.20. The molecule has 3 rings (SSSR count). The van der Waals surface area contributed by atoms with E-state index in [2.05, 4.69) is 27.7 Å². The highest BCUT2D eigenvalue weighted by molar-refractivity contribution is 7.10. The minimum atomic E-state index is -0.441. The summed E-state index contributed by atoms with van der Waals surface area (Å²) >= 11 is 1.77. The van der Waals surface area contributed by atoms with Gasteiger partial charge in [0.1, 0.15) is 0 Å². The summed E-state index contributed by atoms with van der Waals surface area (Å²) in [5, 5.41) is 5.31. The van der Waals surface area contributed by atoms with Crippen molar-refractivity contribution in [1.82, 2.24) is 10.2 Å². The lowest BCUT2D eigenvalue weighted by Crippen LogP contribution is -2.50. The van der Waals surface area contributed by atoms with Gasteiger partial charge in [-0.05, 0) is 50.2 Å². The van der Waals surface area contributed by atoms with Crippen molar-refractivity contribution in [3.63, 3.8) is 0 Å². The Hall–Kier alpha value is -0.950. The SMILES string of the molecule is NCC1(C(=O)NCC(c2cccs2)N2CCCC2)CCOCC1. The summed E-state index contributed by atoms with van der Waals surface area (Å²) in [4.78, 5) is 16.6. The van der Waals surface area contributed by atoms with E-state index in [0.717, 1.165) is 25.9 Å². The van der Waals surface area contributed by atoms with Crippen LogP contribution < -0.4 is 11.1 Å². The van der Waals surface area contributed by atoms with Gasteiger partial charge in [-0.25, -0.2) is 0 Å². The van der Waals surface area contributed by atoms with Gasteiger partial charge in [-0.3, -0.25) is 9.69 Å². The van der Waals surface area contributed by atoms with E-state index < -0.39 is 5.41 Å². The summed E-state index contributed by atoms with van der Waals surface area (Å²) in [6.45, 7) is 4.57. The highest BCUT2D eigenvalue weighted by atomic mass is 32.1. The predicted molar refractivity (Wildman–Crippen MR) is 92.4 cm³/mol. The minimum Gasteiger partial charge on any atom is -0.381 e. The van der Waals surface area contributed by atoms with Gasteiger partial charge < -0.3 is 15.8 Å². The zero-order valence-electron chi connectivity index (χ0n) is 13.6. The van der Waals surface area contributed by atoms with Gasteiger partial charge in [0.15, 0.2) is 0 Å². The highest BCUT2D eigenvalue weighted by Crippen LogP contribution is 2.31. The maximum Gasteiger partial charge on any atom is 0.227 e. The molecule has 0 saturated carbocycles. The maximum atomic E-state index is 12.8. The zero-order valence-corrected chi connectivity index (χ0v) is 14.4. The van der Waals surface area contributed by atoms with Crippen LogP contribution in [0, 0.1) is 5.41 Å². The molecule has 1 atom stereocenters. The first-order valence-corrected chi connectivity index (χ1v) is 9.47. The van der Waals surface area contributed by atoms with Crippen LogP contribution in [-0.2, 0) is 9.53 Å². The predicted octanol–water partition coefficient (Wildman–Crippen LogP) is 1.76. The summed E-state index contributed by atoms with van der Waals surface area (Å²) in [5.74, 6) is 0.101. The Morgan fingerprint density at radius 3 is 2.74 bits per heavy atom. The second-order valence-corrected chi connectivity index (χ2v) is 7.56. The molecule has 5 nitrogen and oxygen atoms in total. The summed E-state index contributed by atoms with van der Waals surface area (Å²) < 4.78 is 5.40. The average molecular weight is 337 g/mol. The second-order valence-electron chi connectivity index (χ2n) is 6.58. The van der Waals surface area contributed by atoms with Crippen LogP contribution in [0.4, 0.5) is 0 Å². The third kappa shape index (κ3) is 3.76. The molecule has 2 aliphatic rings. The van der Waals surface area contributed by atoms with E-state index in [1.54, 1.807) is 11.3 Å². The van der Waals surface area contributed by atoms with Crippen LogP contribution in [0.5, 0.6) is 0 Å². The van der Waals surface area contributed by atoms with Crippen molar-refractivity contribution in [3.05, 3.63) is 22.4 Å². The molecular formula is C17H27N3O2S. The number of amides is 1. The van der Waals surface area contributed by atoms with Gasteiger partial charge in [-0.2, -0.15) is 0 Å². The lowest BCUT2D eigenvalue weighted by molar-refractivity contribution is -0.136. The fourth-order valence-corrected chi connectivity index (χ4v) is 4.47. The number of thiophene rings is 1. The van der Waals surface area contributed by atoms with Crippen LogP contribution in [0.1, 0.15) is 36.6 Å². The monoisotopic (exact) mass is 337 g/mol. The smallest absolute Gasteiger partial charge is 0.227 e. The quantitative estimate of drug-likeness (QED) is 0.830. The Kier molecular flexibility index (Phi) is 5.69. The summed E-state index contributed by atoms with van der Waals surface area (Å²) in [6.07, 6.45) is 3.95. The van der Waals surface area contributed by atoms with Crippen LogP contribution >= 0.6 is 11.3 Å². The van der Waals surface area contributed by atoms with Crippen LogP contribution in [0.3, 0.4) is 0 Å². The van der Waals surface area contributed by atoms with E-state index in [9.17, 15) is 4.79 Å². The van der Waals surface area contributed by atoms with Gasteiger partial charge >= 0.3 is 0 Å². The lowest BCUT2D eigenvalue weighted by atomic mass is 9.79. The van der Waals surface area contributed by atoms with Crippen molar-refractivity contribution >= 4 is 17.2 Å². The van der Waals surface area contributed by atoms with E-state index >= 15 is 0 Å². The molecule has 0 aromatic carbocycles. The van der Waals surface area contributed by atoms with Gasteiger partial charge in [0, 0.05) is 31.2 Å². The van der Waals surface area contributed by atoms with Gasteiger partial charge in [0.25, 0.3) is 0 Å². The van der Waals surface area contributed by atoms with Gasteiger partial charge in [-0.15, -0.1) is 11.3 Å². The molecule has 3 heterocycles. The first kappa shape index (κ1) is 16.9. The molecule has 2 aliphatic heterocycles. The van der Waals surface area contributed by atoms with Crippen molar-refractivity contribution in [1.29, 1.82) is 0 Å². The molecule has 1 unspecified atom stereocenters. The molecule has 2 fully saturated rings. The number of hydrogen-bond donors (Lipinski definition) is 2. The second kappa shape index (κ2) is 7.75. The number of nitrogens with zero attached hydrogens (tertiary/aromatic N) is 1. The van der Waals surface area contributed by atoms with Crippen molar-refractivity contribution in [2.24, 2.45) is 11.1 Å². The Labute approximate surface area is 142 Å². The summed E-state index contributed by atoms with van der Waals surface area (Å²) in [6, 6.07) is 4.55. The van der Waals surface area contributed by atoms with E-state index in [0.29, 0.717) is 26.3 Å². The van der Waals surface area contributed by atoms with Crippen molar-refractivity contribution < 1.29 is 9.53 Å². The molecular weight excluding hydrogens is 310 g/mol. The van der Waals surface area contributed by atoms with Crippen LogP contribution in [0.15, 0.2) is 17.5 Å². The molecule has 3 N–H and O–H groups in total. The number of rotatable bonds is 6. The Morgan fingerprint density at radius 2 is 2.13 bits per heavy atom. The summed E-state index contributed by atoms with van der Waals surface area (Å²) in [7, 11) is 0. The Balaban J connectivity index is 1.64. The van der Waals surface area contributed by atoms with Gasteiger partial charge in [0.05, 0.1) is 11.5 Å². The molecule has 128 valence electrons. The molecule has 0 aliphatic carbocycles. The lowest BCUT2D eigenvalue weighted by Gasteiger charge is -2.35. The summed E-state index contributed by atoms with van der Waals surface area (Å²) in [5.41, 5.74) is 5.50. The molecule has 6 heteroatoms. The first-order chi connectivity index (χ1) is 11.2. The Morgan fingerprint density at radius 1 is 1.39 bits per heavy atom. The number of ether oxygens (including phenoxy) is 1. The van der Waals surface area contributed by atoms with Gasteiger partial charge in [0.2, 0.25) is 5.91 Å². The molecule has 1 amide bonds. The topological polar surface area (TPSA) is 67.6 Å². The number of likely N-dealkylation sites (tertiary alicyclic amines) is 1. The van der Waals surface area contributed by atoms with E-state index in [1.165, 1.54) is 17.7 Å². The van der Waals surface area contributed by atoms with E-state index in [1.807, 2.05) is 0 Å². The normalized spacial score (nSPS) is 22.8. The van der Waals surface area contributed by atoms with Crippen LogP contribution in [-0.4, -0.2) is 50.2 Å². The van der Waals surface area contributed by atoms with E-state index in [-0.39, 0.29) is 11.9 Å². The van der Waals surface area contributed by atoms with Crippen LogP contribution in [0.2, 0.25) is 0 Å². The minimum absolute atomic E-state index is 0.101.